The minimum atomic E-state index is -0.679. The van der Waals surface area contributed by atoms with Crippen LogP contribution in [0.2, 0.25) is 0 Å². The first-order valence-corrected chi connectivity index (χ1v) is 11.3. The first kappa shape index (κ1) is 24.7. The molecule has 1 atom stereocenters. The van der Waals surface area contributed by atoms with Crippen molar-refractivity contribution in [1.82, 2.24) is 0 Å². The van der Waals surface area contributed by atoms with E-state index in [2.05, 4.69) is 6.58 Å². The van der Waals surface area contributed by atoms with E-state index in [9.17, 15) is 14.0 Å². The minimum Gasteiger partial charge on any atom is -0.497 e. The molecular formula is C30H25FO5. The maximum atomic E-state index is 14.1. The van der Waals surface area contributed by atoms with E-state index >= 15 is 0 Å². The molecule has 0 fully saturated rings. The van der Waals surface area contributed by atoms with Crippen LogP contribution >= 0.6 is 0 Å². The highest BCUT2D eigenvalue weighted by atomic mass is 19.1. The van der Waals surface area contributed by atoms with E-state index in [-0.39, 0.29) is 5.75 Å². The van der Waals surface area contributed by atoms with Gasteiger partial charge in [-0.05, 0) is 77.7 Å². The van der Waals surface area contributed by atoms with Gasteiger partial charge in [0, 0.05) is 11.6 Å². The molecule has 0 spiro atoms. The molecule has 0 heterocycles. The molecule has 4 aromatic carbocycles. The molecule has 36 heavy (non-hydrogen) atoms. The Kier molecular flexibility index (Phi) is 7.15. The van der Waals surface area contributed by atoms with E-state index in [1.807, 2.05) is 55.5 Å². The van der Waals surface area contributed by atoms with Crippen LogP contribution in [0.15, 0.2) is 91.0 Å². The molecule has 182 valence electrons. The summed E-state index contributed by atoms with van der Waals surface area (Å²) in [6, 6.07) is 22.9. The normalized spacial score (nSPS) is 11.6. The predicted octanol–water partition coefficient (Wildman–Crippen LogP) is 7.05. The predicted molar refractivity (Wildman–Crippen MR) is 137 cm³/mol. The van der Waals surface area contributed by atoms with Crippen LogP contribution in [0.1, 0.15) is 35.9 Å². The first-order valence-electron chi connectivity index (χ1n) is 11.3. The van der Waals surface area contributed by atoms with Gasteiger partial charge < -0.3 is 14.2 Å². The molecule has 0 amide bonds. The summed E-state index contributed by atoms with van der Waals surface area (Å²) < 4.78 is 29.7. The van der Waals surface area contributed by atoms with Crippen LogP contribution in [0.5, 0.6) is 11.5 Å². The summed E-state index contributed by atoms with van der Waals surface area (Å²) in [4.78, 5) is 24.3. The van der Waals surface area contributed by atoms with Gasteiger partial charge in [0.1, 0.15) is 11.9 Å². The van der Waals surface area contributed by atoms with Gasteiger partial charge in [-0.2, -0.15) is 0 Å². The third-order valence-electron chi connectivity index (χ3n) is 5.76. The summed E-state index contributed by atoms with van der Waals surface area (Å²) in [5.41, 5.74) is 3.44. The Balaban J connectivity index is 1.49. The molecule has 0 aliphatic heterocycles. The molecule has 0 aliphatic carbocycles. The molecule has 0 saturated heterocycles. The Morgan fingerprint density at radius 3 is 2.19 bits per heavy atom. The van der Waals surface area contributed by atoms with Crippen molar-refractivity contribution in [1.29, 1.82) is 0 Å². The Labute approximate surface area is 208 Å². The van der Waals surface area contributed by atoms with Gasteiger partial charge in [0.25, 0.3) is 0 Å². The summed E-state index contributed by atoms with van der Waals surface area (Å²) in [5.74, 6) is -1.58. The number of fused-ring (bicyclic) bond motifs is 1. The Bertz CT molecular complexity index is 1460. The Morgan fingerprint density at radius 2 is 1.53 bits per heavy atom. The molecule has 5 nitrogen and oxygen atoms in total. The third-order valence-corrected chi connectivity index (χ3v) is 5.76. The zero-order valence-electron chi connectivity index (χ0n) is 20.2. The van der Waals surface area contributed by atoms with Gasteiger partial charge in [-0.15, -0.1) is 0 Å². The average molecular weight is 485 g/mol. The van der Waals surface area contributed by atoms with Crippen LogP contribution in [-0.2, 0) is 9.53 Å². The number of methoxy groups -OCH3 is 1. The molecule has 0 N–H and O–H groups in total. The molecule has 6 heteroatoms. The van der Waals surface area contributed by atoms with E-state index in [1.165, 1.54) is 19.2 Å². The smallest absolute Gasteiger partial charge is 0.343 e. The number of carbonyl (C=O) groups excluding carboxylic acids is 2. The zero-order valence-corrected chi connectivity index (χ0v) is 20.2. The summed E-state index contributed by atoms with van der Waals surface area (Å²) in [6.07, 6.45) is -0.392. The summed E-state index contributed by atoms with van der Waals surface area (Å²) in [6.45, 7) is 7.06. The highest BCUT2D eigenvalue weighted by Gasteiger charge is 2.14. The second-order valence-electron chi connectivity index (χ2n) is 8.41. The van der Waals surface area contributed by atoms with E-state index in [0.29, 0.717) is 16.9 Å². The van der Waals surface area contributed by atoms with Crippen LogP contribution in [0.4, 0.5) is 4.39 Å². The summed E-state index contributed by atoms with van der Waals surface area (Å²) in [5, 5.41) is 2.03. The monoisotopic (exact) mass is 484 g/mol. The molecule has 0 radical (unpaired) electrons. The van der Waals surface area contributed by atoms with Crippen LogP contribution in [0, 0.1) is 5.82 Å². The van der Waals surface area contributed by atoms with Crippen LogP contribution in [-0.4, -0.2) is 19.0 Å². The van der Waals surface area contributed by atoms with Crippen molar-refractivity contribution in [2.24, 2.45) is 0 Å². The maximum absolute atomic E-state index is 14.1. The number of halogens is 1. The number of esters is 2. The fourth-order valence-corrected chi connectivity index (χ4v) is 3.67. The van der Waals surface area contributed by atoms with Crippen molar-refractivity contribution < 1.29 is 28.2 Å². The van der Waals surface area contributed by atoms with Gasteiger partial charge in [-0.1, -0.05) is 43.0 Å². The molecule has 0 saturated carbocycles. The standard InChI is InChI=1S/C30H25FO5/c1-18(2)29(32)35-19(3)22-9-10-25-16-23(11-12-24(25)15-22)20-5-7-21(8-6-20)30(33)36-28-14-13-26(34-4)17-27(28)31/h5-17,19H,1H2,2-4H3. The van der Waals surface area contributed by atoms with E-state index in [4.69, 9.17) is 14.2 Å². The molecule has 0 aliphatic rings. The SMILES string of the molecule is C=C(C)C(=O)OC(C)c1ccc2cc(-c3ccc(C(=O)Oc4ccc(OC)cc4F)cc3)ccc2c1. The Morgan fingerprint density at radius 1 is 0.861 bits per heavy atom. The highest BCUT2D eigenvalue weighted by Crippen LogP contribution is 2.29. The molecule has 0 aromatic heterocycles. The van der Waals surface area contributed by atoms with Gasteiger partial charge >= 0.3 is 11.9 Å². The molecule has 4 rings (SSSR count). The summed E-state index contributed by atoms with van der Waals surface area (Å²) in [7, 11) is 1.43. The Hall–Kier alpha value is -4.45. The number of hydrogen-bond donors (Lipinski definition) is 0. The van der Waals surface area contributed by atoms with Crippen molar-refractivity contribution in [2.45, 2.75) is 20.0 Å². The number of rotatable bonds is 7. The minimum absolute atomic E-state index is 0.164. The fraction of sp³-hybridized carbons (Fsp3) is 0.133. The third kappa shape index (κ3) is 5.44. The van der Waals surface area contributed by atoms with Gasteiger partial charge in [-0.3, -0.25) is 0 Å². The molecule has 1 unspecified atom stereocenters. The average Bonchev–Trinajstić information content (AvgIpc) is 2.89. The van der Waals surface area contributed by atoms with Crippen LogP contribution in [0.3, 0.4) is 0 Å². The lowest BCUT2D eigenvalue weighted by atomic mass is 9.98. The number of benzene rings is 4. The highest BCUT2D eigenvalue weighted by molar-refractivity contribution is 5.92. The van der Waals surface area contributed by atoms with Gasteiger partial charge in [0.2, 0.25) is 0 Å². The summed E-state index contributed by atoms with van der Waals surface area (Å²) >= 11 is 0. The number of ether oxygens (including phenoxy) is 3. The van der Waals surface area contributed by atoms with E-state index in [0.717, 1.165) is 33.5 Å². The maximum Gasteiger partial charge on any atom is 0.343 e. The van der Waals surface area contributed by atoms with Crippen LogP contribution < -0.4 is 9.47 Å². The lowest BCUT2D eigenvalue weighted by molar-refractivity contribution is -0.143. The van der Waals surface area contributed by atoms with Gasteiger partial charge in [0.15, 0.2) is 11.6 Å². The van der Waals surface area contributed by atoms with Crippen molar-refractivity contribution in [3.8, 4) is 22.6 Å². The van der Waals surface area contributed by atoms with Crippen molar-refractivity contribution >= 4 is 22.7 Å². The van der Waals surface area contributed by atoms with E-state index in [1.54, 1.807) is 19.1 Å². The first-order chi connectivity index (χ1) is 17.2. The lowest BCUT2D eigenvalue weighted by Gasteiger charge is -2.14. The van der Waals surface area contributed by atoms with Gasteiger partial charge in [-0.25, -0.2) is 14.0 Å². The van der Waals surface area contributed by atoms with Crippen molar-refractivity contribution in [3.63, 3.8) is 0 Å². The number of carbonyl (C=O) groups is 2. The zero-order chi connectivity index (χ0) is 25.8. The van der Waals surface area contributed by atoms with Crippen LogP contribution in [0.25, 0.3) is 21.9 Å². The topological polar surface area (TPSA) is 61.8 Å². The largest absolute Gasteiger partial charge is 0.497 e. The molecule has 4 aromatic rings. The lowest BCUT2D eigenvalue weighted by Crippen LogP contribution is -2.09. The second-order valence-corrected chi connectivity index (χ2v) is 8.41. The van der Waals surface area contributed by atoms with Crippen molar-refractivity contribution in [2.75, 3.05) is 7.11 Å². The second kappa shape index (κ2) is 10.4. The quantitative estimate of drug-likeness (QED) is 0.160. The molecular weight excluding hydrogens is 459 g/mol. The molecule has 0 bridgehead atoms. The fourth-order valence-electron chi connectivity index (χ4n) is 3.67. The van der Waals surface area contributed by atoms with E-state index < -0.39 is 23.9 Å². The van der Waals surface area contributed by atoms with Crippen molar-refractivity contribution in [3.05, 3.63) is 108 Å². The number of hydrogen-bond acceptors (Lipinski definition) is 5. The van der Waals surface area contributed by atoms with Gasteiger partial charge in [0.05, 0.1) is 12.7 Å².